The minimum atomic E-state index is -0.962. The maximum atomic E-state index is 12.7. The van der Waals surface area contributed by atoms with E-state index in [-0.39, 0.29) is 6.03 Å². The highest BCUT2D eigenvalue weighted by Crippen LogP contribution is 2.43. The fourth-order valence-corrected chi connectivity index (χ4v) is 4.99. The average molecular weight is 376 g/mol. The molecule has 0 unspecified atom stereocenters. The van der Waals surface area contributed by atoms with Gasteiger partial charge in [-0.25, -0.2) is 9.59 Å². The van der Waals surface area contributed by atoms with Gasteiger partial charge in [0.1, 0.15) is 11.0 Å². The first-order chi connectivity index (χ1) is 12.5. The molecule has 2 aromatic rings. The Labute approximate surface area is 154 Å². The van der Waals surface area contributed by atoms with E-state index in [0.717, 1.165) is 36.8 Å². The van der Waals surface area contributed by atoms with Crippen LogP contribution in [-0.2, 0) is 17.6 Å². The van der Waals surface area contributed by atoms with Gasteiger partial charge in [-0.05, 0) is 51.0 Å². The number of aryl methyl sites for hydroxylation is 2. The Morgan fingerprint density at radius 1 is 1.31 bits per heavy atom. The van der Waals surface area contributed by atoms with Crippen LogP contribution in [0.1, 0.15) is 41.9 Å². The Hall–Kier alpha value is -2.42. The van der Waals surface area contributed by atoms with Gasteiger partial charge in [-0.2, -0.15) is 4.98 Å². The molecule has 138 valence electrons. The molecule has 1 aliphatic heterocycles. The van der Waals surface area contributed by atoms with E-state index < -0.39 is 12.0 Å². The summed E-state index contributed by atoms with van der Waals surface area (Å²) in [5.41, 5.74) is 1.96. The zero-order valence-corrected chi connectivity index (χ0v) is 15.3. The number of carbonyl (C=O) groups excluding carboxylic acids is 1. The van der Waals surface area contributed by atoms with Crippen molar-refractivity contribution in [3.63, 3.8) is 0 Å². The van der Waals surface area contributed by atoms with E-state index >= 15 is 0 Å². The highest BCUT2D eigenvalue weighted by molar-refractivity contribution is 7.17. The lowest BCUT2D eigenvalue weighted by molar-refractivity contribution is -0.141. The number of fused-ring (bicyclic) bond motifs is 1. The number of carboxylic acid groups (broad SMARTS) is 1. The number of hydrogen-bond acceptors (Lipinski definition) is 6. The largest absolute Gasteiger partial charge is 0.480 e. The monoisotopic (exact) mass is 376 g/mol. The predicted octanol–water partition coefficient (Wildman–Crippen LogP) is 3.07. The van der Waals surface area contributed by atoms with E-state index in [4.69, 9.17) is 4.52 Å². The second-order valence-corrected chi connectivity index (χ2v) is 7.79. The molecule has 26 heavy (non-hydrogen) atoms. The first kappa shape index (κ1) is 17.0. The van der Waals surface area contributed by atoms with Gasteiger partial charge in [-0.3, -0.25) is 5.32 Å². The minimum Gasteiger partial charge on any atom is -0.480 e. The highest BCUT2D eigenvalue weighted by atomic mass is 32.1. The van der Waals surface area contributed by atoms with Gasteiger partial charge >= 0.3 is 12.0 Å². The summed E-state index contributed by atoms with van der Waals surface area (Å²) in [6.45, 7) is 2.20. The molecule has 4 rings (SSSR count). The van der Waals surface area contributed by atoms with Crippen molar-refractivity contribution in [1.29, 1.82) is 0 Å². The fourth-order valence-electron chi connectivity index (χ4n) is 3.71. The summed E-state index contributed by atoms with van der Waals surface area (Å²) >= 11 is 1.53. The molecule has 2 aliphatic rings. The number of carbonyl (C=O) groups is 2. The summed E-state index contributed by atoms with van der Waals surface area (Å²) in [5, 5.41) is 16.8. The lowest BCUT2D eigenvalue weighted by Gasteiger charge is -2.21. The van der Waals surface area contributed by atoms with Gasteiger partial charge in [0.2, 0.25) is 0 Å². The first-order valence-electron chi connectivity index (χ1n) is 8.80. The predicted molar refractivity (Wildman–Crippen MR) is 95.4 cm³/mol. The molecular weight excluding hydrogens is 356 g/mol. The molecule has 1 aliphatic carbocycles. The Morgan fingerprint density at radius 3 is 2.85 bits per heavy atom. The molecule has 0 spiro atoms. The molecular formula is C17H20N4O4S. The maximum Gasteiger partial charge on any atom is 0.326 e. The molecule has 8 nitrogen and oxygen atoms in total. The molecule has 2 N–H and O–H groups in total. The van der Waals surface area contributed by atoms with Gasteiger partial charge < -0.3 is 14.5 Å². The Balaban J connectivity index is 1.67. The van der Waals surface area contributed by atoms with E-state index in [1.807, 2.05) is 0 Å². The number of nitrogens with one attached hydrogen (secondary N) is 1. The molecule has 0 saturated carbocycles. The van der Waals surface area contributed by atoms with E-state index in [2.05, 4.69) is 15.5 Å². The van der Waals surface area contributed by atoms with Crippen LogP contribution in [0.2, 0.25) is 0 Å². The number of aliphatic carboxylic acids is 1. The number of nitrogens with zero attached hydrogens (tertiary/aromatic N) is 3. The fraction of sp³-hybridized carbons (Fsp3) is 0.529. The summed E-state index contributed by atoms with van der Waals surface area (Å²) in [7, 11) is 0. The average Bonchev–Trinajstić information content (AvgIpc) is 3.31. The smallest absolute Gasteiger partial charge is 0.326 e. The van der Waals surface area contributed by atoms with Crippen LogP contribution in [0.25, 0.3) is 11.5 Å². The van der Waals surface area contributed by atoms with Crippen molar-refractivity contribution < 1.29 is 19.2 Å². The Kier molecular flexibility index (Phi) is 4.39. The van der Waals surface area contributed by atoms with Crippen molar-refractivity contribution in [3.8, 4) is 11.5 Å². The number of thiophene rings is 1. The topological polar surface area (TPSA) is 109 Å². The number of likely N-dealkylation sites (tertiary alicyclic amines) is 1. The quantitative estimate of drug-likeness (QED) is 0.852. The van der Waals surface area contributed by atoms with Crippen LogP contribution in [-0.4, -0.2) is 44.7 Å². The van der Waals surface area contributed by atoms with E-state index in [0.29, 0.717) is 36.1 Å². The molecule has 2 aromatic heterocycles. The Morgan fingerprint density at radius 2 is 2.12 bits per heavy atom. The molecule has 1 saturated heterocycles. The van der Waals surface area contributed by atoms with Gasteiger partial charge in [-0.1, -0.05) is 5.16 Å². The normalized spacial score (nSPS) is 19.4. The summed E-state index contributed by atoms with van der Waals surface area (Å²) in [6.07, 6.45) is 5.28. The van der Waals surface area contributed by atoms with E-state index in [1.165, 1.54) is 21.1 Å². The standard InChI is InChI=1S/C17H20N4O4S/c1-9-18-14(25-20-9)13-10-5-2-3-7-12(10)26-15(13)19-17(24)21-8-4-6-11(21)16(22)23/h11H,2-8H2,1H3,(H,19,24)(H,22,23)/t11-/m1/s1. The summed E-state index contributed by atoms with van der Waals surface area (Å²) in [6, 6.07) is -1.15. The van der Waals surface area contributed by atoms with Gasteiger partial charge in [0.25, 0.3) is 5.89 Å². The zero-order valence-electron chi connectivity index (χ0n) is 14.4. The van der Waals surface area contributed by atoms with E-state index in [9.17, 15) is 14.7 Å². The van der Waals surface area contributed by atoms with Crippen LogP contribution in [0.15, 0.2) is 4.52 Å². The van der Waals surface area contributed by atoms with E-state index in [1.54, 1.807) is 6.92 Å². The number of rotatable bonds is 3. The number of urea groups is 1. The third kappa shape index (κ3) is 2.96. The van der Waals surface area contributed by atoms with Gasteiger partial charge in [0, 0.05) is 11.4 Å². The zero-order chi connectivity index (χ0) is 18.3. The summed E-state index contributed by atoms with van der Waals surface area (Å²) < 4.78 is 5.37. The van der Waals surface area contributed by atoms with Crippen LogP contribution >= 0.6 is 11.3 Å². The molecule has 0 bridgehead atoms. The van der Waals surface area contributed by atoms with Crippen molar-refractivity contribution in [1.82, 2.24) is 15.0 Å². The van der Waals surface area contributed by atoms with Crippen molar-refractivity contribution in [3.05, 3.63) is 16.3 Å². The molecule has 0 radical (unpaired) electrons. The van der Waals surface area contributed by atoms with Crippen molar-refractivity contribution in [2.45, 2.75) is 51.5 Å². The molecule has 3 heterocycles. The number of amides is 2. The lowest BCUT2D eigenvalue weighted by Crippen LogP contribution is -2.42. The lowest BCUT2D eigenvalue weighted by atomic mass is 9.95. The van der Waals surface area contributed by atoms with Crippen LogP contribution < -0.4 is 5.32 Å². The third-order valence-corrected chi connectivity index (χ3v) is 6.14. The molecule has 2 amide bonds. The third-order valence-electron chi connectivity index (χ3n) is 4.93. The number of carboxylic acids is 1. The first-order valence-corrected chi connectivity index (χ1v) is 9.62. The van der Waals surface area contributed by atoms with Crippen molar-refractivity contribution >= 4 is 28.3 Å². The summed E-state index contributed by atoms with van der Waals surface area (Å²) in [5.74, 6) is -0.0113. The Bertz CT molecular complexity index is 859. The molecule has 1 atom stereocenters. The van der Waals surface area contributed by atoms with Crippen LogP contribution in [0.5, 0.6) is 0 Å². The summed E-state index contributed by atoms with van der Waals surface area (Å²) in [4.78, 5) is 31.1. The number of hydrogen-bond donors (Lipinski definition) is 2. The van der Waals surface area contributed by atoms with Crippen LogP contribution in [0.4, 0.5) is 9.80 Å². The molecule has 0 aromatic carbocycles. The van der Waals surface area contributed by atoms with Gasteiger partial charge in [0.05, 0.1) is 5.56 Å². The van der Waals surface area contributed by atoms with Crippen molar-refractivity contribution in [2.24, 2.45) is 0 Å². The SMILES string of the molecule is Cc1noc(-c2c(NC(=O)N3CCC[C@@H]3C(=O)O)sc3c2CCCC3)n1. The number of aromatic nitrogens is 2. The highest BCUT2D eigenvalue weighted by Gasteiger charge is 2.35. The maximum absolute atomic E-state index is 12.7. The second-order valence-electron chi connectivity index (χ2n) is 6.68. The van der Waals surface area contributed by atoms with Crippen molar-refractivity contribution in [2.75, 3.05) is 11.9 Å². The van der Waals surface area contributed by atoms with Gasteiger partial charge in [-0.15, -0.1) is 11.3 Å². The van der Waals surface area contributed by atoms with Crippen LogP contribution in [0.3, 0.4) is 0 Å². The molecule has 1 fully saturated rings. The van der Waals surface area contributed by atoms with Crippen LogP contribution in [0, 0.1) is 6.92 Å². The molecule has 9 heteroatoms. The second kappa shape index (κ2) is 6.71. The minimum absolute atomic E-state index is 0.383. The van der Waals surface area contributed by atoms with Gasteiger partial charge in [0.15, 0.2) is 5.82 Å². The number of anilines is 1.